The highest BCUT2D eigenvalue weighted by Crippen LogP contribution is 2.27. The SMILES string of the molecule is Nc1nc2nc(CCC3CCCCC3)[nH]c2c(=O)[nH]1. The van der Waals surface area contributed by atoms with Crippen LogP contribution in [0.5, 0.6) is 0 Å². The fraction of sp³-hybridized carbons (Fsp3) is 0.615. The van der Waals surface area contributed by atoms with E-state index >= 15 is 0 Å². The Kier molecular flexibility index (Phi) is 3.23. The molecule has 1 saturated carbocycles. The smallest absolute Gasteiger partial charge is 0.278 e. The Morgan fingerprint density at radius 2 is 1.95 bits per heavy atom. The molecule has 1 aliphatic rings. The second kappa shape index (κ2) is 5.03. The van der Waals surface area contributed by atoms with Crippen LogP contribution in [-0.4, -0.2) is 19.9 Å². The number of fused-ring (bicyclic) bond motifs is 1. The van der Waals surface area contributed by atoms with E-state index in [9.17, 15) is 4.79 Å². The van der Waals surface area contributed by atoms with Gasteiger partial charge in [0, 0.05) is 6.42 Å². The van der Waals surface area contributed by atoms with E-state index in [2.05, 4.69) is 19.9 Å². The number of anilines is 1. The van der Waals surface area contributed by atoms with Crippen molar-refractivity contribution in [2.45, 2.75) is 44.9 Å². The van der Waals surface area contributed by atoms with Crippen molar-refractivity contribution in [3.8, 4) is 0 Å². The summed E-state index contributed by atoms with van der Waals surface area (Å²) >= 11 is 0. The van der Waals surface area contributed by atoms with Gasteiger partial charge in [-0.2, -0.15) is 4.98 Å². The number of hydrogen-bond donors (Lipinski definition) is 3. The molecule has 0 saturated heterocycles. The van der Waals surface area contributed by atoms with Gasteiger partial charge in [-0.15, -0.1) is 0 Å². The molecular weight excluding hydrogens is 242 g/mol. The average Bonchev–Trinajstić information content (AvgIpc) is 2.81. The van der Waals surface area contributed by atoms with Crippen molar-refractivity contribution in [3.05, 3.63) is 16.2 Å². The first kappa shape index (κ1) is 12.2. The number of imidazole rings is 1. The Bertz CT molecular complexity index is 623. The lowest BCUT2D eigenvalue weighted by atomic mass is 9.86. The number of H-pyrrole nitrogens is 2. The largest absolute Gasteiger partial charge is 0.369 e. The van der Waals surface area contributed by atoms with Crippen molar-refractivity contribution < 1.29 is 0 Å². The monoisotopic (exact) mass is 261 g/mol. The Hall–Kier alpha value is -1.85. The van der Waals surface area contributed by atoms with Gasteiger partial charge in [-0.3, -0.25) is 9.78 Å². The Morgan fingerprint density at radius 1 is 1.16 bits per heavy atom. The minimum absolute atomic E-state index is 0.114. The topological polar surface area (TPSA) is 100 Å². The normalized spacial score (nSPS) is 17.1. The van der Waals surface area contributed by atoms with E-state index in [0.29, 0.717) is 11.2 Å². The molecule has 19 heavy (non-hydrogen) atoms. The van der Waals surface area contributed by atoms with Gasteiger partial charge < -0.3 is 10.7 Å². The van der Waals surface area contributed by atoms with E-state index in [1.807, 2.05) is 0 Å². The standard InChI is InChI=1S/C13H19N5O/c14-13-17-11-10(12(19)18-13)15-9(16-11)7-6-8-4-2-1-3-5-8/h8H,1-7H2,(H4,14,15,16,17,18,19). The van der Waals surface area contributed by atoms with Gasteiger partial charge in [0.1, 0.15) is 5.82 Å². The molecule has 4 N–H and O–H groups in total. The van der Waals surface area contributed by atoms with E-state index in [-0.39, 0.29) is 11.5 Å². The van der Waals surface area contributed by atoms with Crippen LogP contribution in [0.1, 0.15) is 44.3 Å². The summed E-state index contributed by atoms with van der Waals surface area (Å²) < 4.78 is 0. The third-order valence-electron chi connectivity index (χ3n) is 3.94. The number of nitrogens with zero attached hydrogens (tertiary/aromatic N) is 2. The Morgan fingerprint density at radius 3 is 2.74 bits per heavy atom. The maximum Gasteiger partial charge on any atom is 0.278 e. The van der Waals surface area contributed by atoms with Gasteiger partial charge in [-0.1, -0.05) is 32.1 Å². The molecule has 3 rings (SSSR count). The molecule has 0 amide bonds. The molecule has 0 unspecified atom stereocenters. The van der Waals surface area contributed by atoms with Gasteiger partial charge in [0.25, 0.3) is 5.56 Å². The van der Waals surface area contributed by atoms with Crippen molar-refractivity contribution >= 4 is 17.1 Å². The van der Waals surface area contributed by atoms with Gasteiger partial charge in [0.15, 0.2) is 11.2 Å². The fourth-order valence-corrected chi connectivity index (χ4v) is 2.91. The summed E-state index contributed by atoms with van der Waals surface area (Å²) in [6.07, 6.45) is 8.73. The van der Waals surface area contributed by atoms with Gasteiger partial charge >= 0.3 is 0 Å². The lowest BCUT2D eigenvalue weighted by Crippen LogP contribution is -2.11. The summed E-state index contributed by atoms with van der Waals surface area (Å²) in [6, 6.07) is 0. The molecular formula is C13H19N5O. The number of hydrogen-bond acceptors (Lipinski definition) is 4. The third-order valence-corrected chi connectivity index (χ3v) is 3.94. The molecule has 0 aliphatic heterocycles. The van der Waals surface area contributed by atoms with Crippen LogP contribution in [-0.2, 0) is 6.42 Å². The first-order valence-corrected chi connectivity index (χ1v) is 6.97. The number of rotatable bonds is 3. The van der Waals surface area contributed by atoms with Gasteiger partial charge in [0.05, 0.1) is 0 Å². The van der Waals surface area contributed by atoms with Crippen LogP contribution in [0.3, 0.4) is 0 Å². The molecule has 1 aliphatic carbocycles. The Labute approximate surface area is 110 Å². The van der Waals surface area contributed by atoms with E-state index in [4.69, 9.17) is 5.73 Å². The van der Waals surface area contributed by atoms with Crippen LogP contribution in [0.15, 0.2) is 4.79 Å². The summed E-state index contributed by atoms with van der Waals surface area (Å²) in [6.45, 7) is 0. The molecule has 0 radical (unpaired) electrons. The zero-order valence-electron chi connectivity index (χ0n) is 10.9. The average molecular weight is 261 g/mol. The van der Waals surface area contributed by atoms with Crippen LogP contribution >= 0.6 is 0 Å². The van der Waals surface area contributed by atoms with E-state index < -0.39 is 0 Å². The van der Waals surface area contributed by atoms with Crippen LogP contribution in [0.2, 0.25) is 0 Å². The zero-order chi connectivity index (χ0) is 13.2. The molecule has 6 heteroatoms. The first-order chi connectivity index (χ1) is 9.22. The van der Waals surface area contributed by atoms with Crippen LogP contribution < -0.4 is 11.3 Å². The molecule has 2 aromatic rings. The highest BCUT2D eigenvalue weighted by molar-refractivity contribution is 5.70. The van der Waals surface area contributed by atoms with Gasteiger partial charge in [0.2, 0.25) is 5.95 Å². The number of nitrogens with one attached hydrogen (secondary N) is 2. The third kappa shape index (κ3) is 2.62. The zero-order valence-corrected chi connectivity index (χ0v) is 10.9. The number of aryl methyl sites for hydroxylation is 1. The van der Waals surface area contributed by atoms with E-state index in [1.165, 1.54) is 32.1 Å². The molecule has 2 aromatic heterocycles. The molecule has 6 nitrogen and oxygen atoms in total. The van der Waals surface area contributed by atoms with Crippen molar-refractivity contribution in [2.75, 3.05) is 5.73 Å². The molecule has 1 fully saturated rings. The van der Waals surface area contributed by atoms with Crippen LogP contribution in [0, 0.1) is 5.92 Å². The second-order valence-corrected chi connectivity index (χ2v) is 5.38. The van der Waals surface area contributed by atoms with Crippen molar-refractivity contribution in [1.82, 2.24) is 19.9 Å². The predicted molar refractivity (Wildman–Crippen MR) is 73.8 cm³/mol. The molecule has 0 bridgehead atoms. The van der Waals surface area contributed by atoms with Crippen molar-refractivity contribution in [1.29, 1.82) is 0 Å². The van der Waals surface area contributed by atoms with Crippen LogP contribution in [0.25, 0.3) is 11.2 Å². The first-order valence-electron chi connectivity index (χ1n) is 6.97. The highest BCUT2D eigenvalue weighted by Gasteiger charge is 2.15. The lowest BCUT2D eigenvalue weighted by Gasteiger charge is -2.20. The fourth-order valence-electron chi connectivity index (χ4n) is 2.91. The summed E-state index contributed by atoms with van der Waals surface area (Å²) in [5, 5.41) is 0. The van der Waals surface area contributed by atoms with Gasteiger partial charge in [-0.25, -0.2) is 4.98 Å². The predicted octanol–water partition coefficient (Wildman–Crippen LogP) is 1.74. The van der Waals surface area contributed by atoms with Crippen LogP contribution in [0.4, 0.5) is 5.95 Å². The lowest BCUT2D eigenvalue weighted by molar-refractivity contribution is 0.337. The minimum Gasteiger partial charge on any atom is -0.369 e. The number of aromatic amines is 2. The minimum atomic E-state index is -0.251. The van der Waals surface area contributed by atoms with Crippen molar-refractivity contribution in [2.24, 2.45) is 5.92 Å². The number of aromatic nitrogens is 4. The maximum atomic E-state index is 11.7. The molecule has 2 heterocycles. The summed E-state index contributed by atoms with van der Waals surface area (Å²) in [7, 11) is 0. The number of nitrogen functional groups attached to an aromatic ring is 1. The Balaban J connectivity index is 1.74. The summed E-state index contributed by atoms with van der Waals surface area (Å²) in [5.74, 6) is 1.75. The second-order valence-electron chi connectivity index (χ2n) is 5.38. The molecule has 0 aromatic carbocycles. The van der Waals surface area contributed by atoms with Gasteiger partial charge in [-0.05, 0) is 12.3 Å². The quantitative estimate of drug-likeness (QED) is 0.783. The maximum absolute atomic E-state index is 11.7. The molecule has 0 spiro atoms. The molecule has 0 atom stereocenters. The number of nitrogens with two attached hydrogens (primary N) is 1. The summed E-state index contributed by atoms with van der Waals surface area (Å²) in [5.41, 5.74) is 6.09. The highest BCUT2D eigenvalue weighted by atomic mass is 16.1. The summed E-state index contributed by atoms with van der Waals surface area (Å²) in [4.78, 5) is 25.6. The van der Waals surface area contributed by atoms with E-state index in [0.717, 1.165) is 24.6 Å². The van der Waals surface area contributed by atoms with Crippen molar-refractivity contribution in [3.63, 3.8) is 0 Å². The molecule has 102 valence electrons. The van der Waals surface area contributed by atoms with E-state index in [1.54, 1.807) is 0 Å².